The van der Waals surface area contributed by atoms with E-state index in [9.17, 15) is 8.42 Å². The molecule has 0 spiro atoms. The number of nitrogens with one attached hydrogen (secondary N) is 1. The summed E-state index contributed by atoms with van der Waals surface area (Å²) in [6.45, 7) is 2.95. The number of hydrogen-bond acceptors (Lipinski definition) is 5. The van der Waals surface area contributed by atoms with Gasteiger partial charge in [-0.15, -0.1) is 0 Å². The van der Waals surface area contributed by atoms with E-state index >= 15 is 0 Å². The zero-order valence-electron chi connectivity index (χ0n) is 14.7. The number of sulfonamides is 1. The van der Waals surface area contributed by atoms with Gasteiger partial charge in [0.2, 0.25) is 10.0 Å². The summed E-state index contributed by atoms with van der Waals surface area (Å²) < 4.78 is 38.1. The lowest BCUT2D eigenvalue weighted by molar-refractivity contribution is 0.311. The second kappa shape index (κ2) is 7.05. The fourth-order valence-electron chi connectivity index (χ4n) is 3.29. The lowest BCUT2D eigenvalue weighted by Gasteiger charge is -2.31. The van der Waals surface area contributed by atoms with Crippen LogP contribution in [-0.4, -0.2) is 50.2 Å². The first-order valence-electron chi connectivity index (χ1n) is 8.19. The van der Waals surface area contributed by atoms with Crippen LogP contribution < -0.4 is 9.47 Å². The highest BCUT2D eigenvalue weighted by molar-refractivity contribution is 7.89. The van der Waals surface area contributed by atoms with Crippen molar-refractivity contribution in [3.8, 4) is 11.5 Å². The molecule has 0 radical (unpaired) electrons. The number of rotatable bonds is 5. The summed E-state index contributed by atoms with van der Waals surface area (Å²) in [6.07, 6.45) is 3.54. The molecule has 1 saturated heterocycles. The molecule has 2 heterocycles. The Hall–Kier alpha value is -2.06. The molecule has 0 bridgehead atoms. The minimum atomic E-state index is -3.59. The first-order chi connectivity index (χ1) is 12.0. The molecule has 136 valence electrons. The normalized spacial score (nSPS) is 18.9. The highest BCUT2D eigenvalue weighted by Crippen LogP contribution is 2.34. The summed E-state index contributed by atoms with van der Waals surface area (Å²) in [5.41, 5.74) is 2.09. The Morgan fingerprint density at radius 1 is 1.24 bits per heavy atom. The highest BCUT2D eigenvalue weighted by atomic mass is 32.2. The molecule has 7 nitrogen and oxygen atoms in total. The van der Waals surface area contributed by atoms with Crippen molar-refractivity contribution in [3.05, 3.63) is 35.7 Å². The Bertz CT molecular complexity index is 847. The molecule has 1 aliphatic heterocycles. The number of aromatic nitrogens is 2. The van der Waals surface area contributed by atoms with Crippen molar-refractivity contribution in [2.45, 2.75) is 30.6 Å². The number of nitrogens with zero attached hydrogens (tertiary/aromatic N) is 2. The second-order valence-corrected chi connectivity index (χ2v) is 8.12. The number of piperidine rings is 1. The zero-order valence-corrected chi connectivity index (χ0v) is 15.5. The van der Waals surface area contributed by atoms with Gasteiger partial charge in [0.1, 0.15) is 0 Å². The van der Waals surface area contributed by atoms with Crippen molar-refractivity contribution >= 4 is 10.0 Å². The maximum atomic E-state index is 13.1. The molecule has 0 saturated carbocycles. The van der Waals surface area contributed by atoms with E-state index in [4.69, 9.17) is 9.47 Å². The molecule has 8 heteroatoms. The van der Waals surface area contributed by atoms with Gasteiger partial charge in [-0.25, -0.2) is 8.42 Å². The summed E-state index contributed by atoms with van der Waals surface area (Å²) in [7, 11) is -0.579. The molecule has 1 aliphatic rings. The predicted molar refractivity (Wildman–Crippen MR) is 93.6 cm³/mol. The molecule has 3 rings (SSSR count). The van der Waals surface area contributed by atoms with Crippen LogP contribution in [0, 0.1) is 6.92 Å². The van der Waals surface area contributed by atoms with Crippen LogP contribution in [-0.2, 0) is 10.0 Å². The smallest absolute Gasteiger partial charge is 0.243 e. The van der Waals surface area contributed by atoms with Crippen LogP contribution in [0.5, 0.6) is 11.5 Å². The molecular formula is C17H23N3O4S. The van der Waals surface area contributed by atoms with Gasteiger partial charge in [0.05, 0.1) is 25.3 Å². The number of hydrogen-bond donors (Lipinski definition) is 1. The average Bonchev–Trinajstić information content (AvgIpc) is 3.07. The van der Waals surface area contributed by atoms with Crippen LogP contribution >= 0.6 is 0 Å². The lowest BCUT2D eigenvalue weighted by atomic mass is 9.94. The highest BCUT2D eigenvalue weighted by Gasteiger charge is 2.32. The number of aryl methyl sites for hydroxylation is 1. The van der Waals surface area contributed by atoms with E-state index in [-0.39, 0.29) is 10.8 Å². The quantitative estimate of drug-likeness (QED) is 0.879. The van der Waals surface area contributed by atoms with Crippen LogP contribution in [0.2, 0.25) is 0 Å². The Kier molecular flexibility index (Phi) is 5.01. The first kappa shape index (κ1) is 17.8. The molecule has 1 unspecified atom stereocenters. The van der Waals surface area contributed by atoms with E-state index in [1.165, 1.54) is 20.3 Å². The Balaban J connectivity index is 1.88. The van der Waals surface area contributed by atoms with Gasteiger partial charge in [0, 0.05) is 30.8 Å². The Morgan fingerprint density at radius 2 is 2.00 bits per heavy atom. The van der Waals surface area contributed by atoms with E-state index in [0.717, 1.165) is 24.1 Å². The van der Waals surface area contributed by atoms with Gasteiger partial charge in [-0.1, -0.05) is 0 Å². The third kappa shape index (κ3) is 3.36. The fourth-order valence-corrected chi connectivity index (χ4v) is 4.83. The molecule has 1 atom stereocenters. The molecule has 1 aromatic carbocycles. The predicted octanol–water partition coefficient (Wildman–Crippen LogP) is 2.30. The van der Waals surface area contributed by atoms with E-state index in [2.05, 4.69) is 10.2 Å². The maximum Gasteiger partial charge on any atom is 0.243 e. The van der Waals surface area contributed by atoms with Crippen molar-refractivity contribution in [2.75, 3.05) is 27.3 Å². The largest absolute Gasteiger partial charge is 0.493 e. The van der Waals surface area contributed by atoms with Gasteiger partial charge in [-0.05, 0) is 37.5 Å². The van der Waals surface area contributed by atoms with Crippen LogP contribution in [0.3, 0.4) is 0 Å². The van der Waals surface area contributed by atoms with Gasteiger partial charge < -0.3 is 9.47 Å². The van der Waals surface area contributed by atoms with Crippen molar-refractivity contribution < 1.29 is 17.9 Å². The fraction of sp³-hybridized carbons (Fsp3) is 0.471. The number of H-pyrrole nitrogens is 1. The summed E-state index contributed by atoms with van der Waals surface area (Å²) >= 11 is 0. The monoisotopic (exact) mass is 365 g/mol. The van der Waals surface area contributed by atoms with Crippen LogP contribution in [0.15, 0.2) is 29.3 Å². The number of aromatic amines is 1. The van der Waals surface area contributed by atoms with E-state index < -0.39 is 10.0 Å². The number of methoxy groups -OCH3 is 2. The summed E-state index contributed by atoms with van der Waals surface area (Å²) in [4.78, 5) is 0.215. The molecule has 1 aromatic heterocycles. The minimum absolute atomic E-state index is 0.131. The molecule has 0 amide bonds. The Morgan fingerprint density at radius 3 is 2.64 bits per heavy atom. The summed E-state index contributed by atoms with van der Waals surface area (Å²) in [6, 6.07) is 4.69. The minimum Gasteiger partial charge on any atom is -0.493 e. The van der Waals surface area contributed by atoms with Crippen molar-refractivity contribution in [3.63, 3.8) is 0 Å². The van der Waals surface area contributed by atoms with Crippen LogP contribution in [0.4, 0.5) is 0 Å². The molecule has 25 heavy (non-hydrogen) atoms. The molecule has 2 aromatic rings. The molecule has 1 fully saturated rings. The summed E-state index contributed by atoms with van der Waals surface area (Å²) in [5.74, 6) is 1.04. The van der Waals surface area contributed by atoms with Crippen LogP contribution in [0.25, 0.3) is 0 Å². The third-order valence-electron chi connectivity index (χ3n) is 4.65. The van der Waals surface area contributed by atoms with Gasteiger partial charge in [-0.2, -0.15) is 9.40 Å². The second-order valence-electron chi connectivity index (χ2n) is 6.19. The number of ether oxygens (including phenoxy) is 2. The van der Waals surface area contributed by atoms with Gasteiger partial charge >= 0.3 is 0 Å². The van der Waals surface area contributed by atoms with Gasteiger partial charge in [0.15, 0.2) is 11.5 Å². The number of benzene rings is 1. The standard InChI is InChI=1S/C17H23N3O4S/c1-12-10-18-19-17(12)13-5-4-8-20(11-13)25(21,22)14-6-7-15(23-2)16(9-14)24-3/h6-7,9-10,13H,4-5,8,11H2,1-3H3,(H,18,19). The third-order valence-corrected chi connectivity index (χ3v) is 6.51. The van der Waals surface area contributed by atoms with Crippen molar-refractivity contribution in [2.24, 2.45) is 0 Å². The molecule has 1 N–H and O–H groups in total. The maximum absolute atomic E-state index is 13.1. The van der Waals surface area contributed by atoms with Crippen molar-refractivity contribution in [1.29, 1.82) is 0 Å². The molecule has 0 aliphatic carbocycles. The van der Waals surface area contributed by atoms with Crippen molar-refractivity contribution in [1.82, 2.24) is 14.5 Å². The van der Waals surface area contributed by atoms with Gasteiger partial charge in [0.25, 0.3) is 0 Å². The van der Waals surface area contributed by atoms with E-state index in [1.807, 2.05) is 6.92 Å². The SMILES string of the molecule is COc1ccc(S(=O)(=O)N2CCCC(c3[nH]ncc3C)C2)cc1OC. The topological polar surface area (TPSA) is 84.5 Å². The first-order valence-corrected chi connectivity index (χ1v) is 9.63. The zero-order chi connectivity index (χ0) is 18.0. The lowest BCUT2D eigenvalue weighted by Crippen LogP contribution is -2.39. The molecular weight excluding hydrogens is 342 g/mol. The average molecular weight is 365 g/mol. The van der Waals surface area contributed by atoms with E-state index in [1.54, 1.807) is 22.6 Å². The van der Waals surface area contributed by atoms with E-state index in [0.29, 0.717) is 24.6 Å². The van der Waals surface area contributed by atoms with Gasteiger partial charge in [-0.3, -0.25) is 5.10 Å². The Labute approximate surface area is 148 Å². The van der Waals surface area contributed by atoms with Crippen LogP contribution in [0.1, 0.15) is 30.0 Å². The summed E-state index contributed by atoms with van der Waals surface area (Å²) in [5, 5.41) is 7.07.